The second-order valence-corrected chi connectivity index (χ2v) is 5.14. The van der Waals surface area contributed by atoms with Crippen LogP contribution in [0, 0.1) is 0 Å². The van der Waals surface area contributed by atoms with Crippen LogP contribution in [-0.2, 0) is 0 Å². The lowest BCUT2D eigenvalue weighted by Gasteiger charge is -2.03. The van der Waals surface area contributed by atoms with Crippen LogP contribution >= 0.6 is 31.9 Å². The van der Waals surface area contributed by atoms with Crippen LogP contribution in [-0.4, -0.2) is 9.39 Å². The highest BCUT2D eigenvalue weighted by molar-refractivity contribution is 9.18. The normalized spacial score (nSPS) is 10.1. The van der Waals surface area contributed by atoms with E-state index < -0.39 is 0 Å². The van der Waals surface area contributed by atoms with Crippen molar-refractivity contribution >= 4 is 41.2 Å². The molecule has 0 saturated heterocycles. The maximum atomic E-state index is 11.1. The van der Waals surface area contributed by atoms with Gasteiger partial charge in [-0.05, 0) is 67.3 Å². The van der Waals surface area contributed by atoms with Gasteiger partial charge in [0.25, 0.3) is 0 Å². The molecule has 0 atom stereocenters. The zero-order valence-electron chi connectivity index (χ0n) is 9.19. The molecule has 0 heterocycles. The number of rotatable bonds is 3. The van der Waals surface area contributed by atoms with E-state index in [4.69, 9.17) is 0 Å². The van der Waals surface area contributed by atoms with Crippen LogP contribution in [0.2, 0.25) is 0 Å². The molecule has 0 aliphatic heterocycles. The van der Waals surface area contributed by atoms with E-state index in [0.717, 1.165) is 11.1 Å². The van der Waals surface area contributed by atoms with Crippen molar-refractivity contribution < 1.29 is 9.59 Å². The first-order valence-electron chi connectivity index (χ1n) is 5.18. The minimum Gasteiger partial charge on any atom is -0.281 e. The average Bonchev–Trinajstić information content (AvgIpc) is 2.39. The first-order valence-corrected chi connectivity index (χ1v) is 6.76. The molecule has 90 valence electrons. The van der Waals surface area contributed by atoms with E-state index in [0.29, 0.717) is 11.1 Å². The predicted molar refractivity (Wildman–Crippen MR) is 78.4 cm³/mol. The maximum Gasteiger partial charge on any atom is 0.228 e. The van der Waals surface area contributed by atoms with Crippen LogP contribution in [0.25, 0.3) is 11.1 Å². The molecule has 2 rings (SSSR count). The third kappa shape index (κ3) is 2.94. The Bertz CT molecular complexity index is 531. The standard InChI is InChI=1S/C14H8Br2O2/c15-13(17)11-5-1-9(2-6-11)10-3-7-12(8-4-10)14(16)18/h1-8H. The SMILES string of the molecule is O=C(Br)c1ccc(-c2ccc(C(=O)Br)cc2)cc1. The summed E-state index contributed by atoms with van der Waals surface area (Å²) in [6, 6.07) is 14.5. The zero-order chi connectivity index (χ0) is 13.1. The molecule has 0 N–H and O–H groups in total. The van der Waals surface area contributed by atoms with Gasteiger partial charge in [0.05, 0.1) is 0 Å². The molecule has 0 aliphatic carbocycles. The number of hydrogen-bond donors (Lipinski definition) is 0. The van der Waals surface area contributed by atoms with Crippen LogP contribution < -0.4 is 0 Å². The highest BCUT2D eigenvalue weighted by Crippen LogP contribution is 2.21. The smallest absolute Gasteiger partial charge is 0.228 e. The van der Waals surface area contributed by atoms with E-state index in [-0.39, 0.29) is 9.39 Å². The monoisotopic (exact) mass is 366 g/mol. The van der Waals surface area contributed by atoms with E-state index in [9.17, 15) is 9.59 Å². The molecule has 0 aliphatic rings. The van der Waals surface area contributed by atoms with Crippen molar-refractivity contribution in [1.29, 1.82) is 0 Å². The van der Waals surface area contributed by atoms with E-state index in [1.54, 1.807) is 24.3 Å². The van der Waals surface area contributed by atoms with Crippen molar-refractivity contribution in [2.45, 2.75) is 0 Å². The largest absolute Gasteiger partial charge is 0.281 e. The molecule has 18 heavy (non-hydrogen) atoms. The summed E-state index contributed by atoms with van der Waals surface area (Å²) >= 11 is 5.81. The number of benzene rings is 2. The van der Waals surface area contributed by atoms with Gasteiger partial charge in [0.1, 0.15) is 0 Å². The molecule has 0 bridgehead atoms. The second-order valence-electron chi connectivity index (χ2n) is 3.70. The summed E-state index contributed by atoms with van der Waals surface area (Å²) in [6.45, 7) is 0. The number of halogens is 2. The van der Waals surface area contributed by atoms with Gasteiger partial charge >= 0.3 is 0 Å². The summed E-state index contributed by atoms with van der Waals surface area (Å²) in [4.78, 5) is 22.2. The fourth-order valence-electron chi connectivity index (χ4n) is 1.59. The van der Waals surface area contributed by atoms with Gasteiger partial charge in [-0.3, -0.25) is 9.59 Å². The van der Waals surface area contributed by atoms with Gasteiger partial charge in [0, 0.05) is 11.1 Å². The zero-order valence-corrected chi connectivity index (χ0v) is 12.4. The summed E-state index contributed by atoms with van der Waals surface area (Å²) in [5, 5.41) is 0. The van der Waals surface area contributed by atoms with Crippen molar-refractivity contribution in [3.05, 3.63) is 59.7 Å². The maximum absolute atomic E-state index is 11.1. The number of carbonyl (C=O) groups is 2. The summed E-state index contributed by atoms with van der Waals surface area (Å²) in [5.41, 5.74) is 3.24. The molecule has 0 fully saturated rings. The average molecular weight is 368 g/mol. The van der Waals surface area contributed by atoms with E-state index >= 15 is 0 Å². The Kier molecular flexibility index (Phi) is 4.09. The van der Waals surface area contributed by atoms with Gasteiger partial charge in [0.2, 0.25) is 9.39 Å². The van der Waals surface area contributed by atoms with Crippen molar-refractivity contribution in [3.63, 3.8) is 0 Å². The molecular formula is C14H8Br2O2. The summed E-state index contributed by atoms with van der Waals surface area (Å²) in [7, 11) is 0. The van der Waals surface area contributed by atoms with Crippen LogP contribution in [0.3, 0.4) is 0 Å². The topological polar surface area (TPSA) is 34.1 Å². The van der Waals surface area contributed by atoms with Gasteiger partial charge in [0.15, 0.2) is 0 Å². The van der Waals surface area contributed by atoms with Gasteiger partial charge in [-0.1, -0.05) is 24.3 Å². The van der Waals surface area contributed by atoms with Crippen LogP contribution in [0.1, 0.15) is 20.7 Å². The predicted octanol–water partition coefficient (Wildman–Crippen LogP) is 4.42. The summed E-state index contributed by atoms with van der Waals surface area (Å²) in [5.74, 6) is 0. The van der Waals surface area contributed by atoms with Crippen LogP contribution in [0.4, 0.5) is 0 Å². The summed E-state index contributed by atoms with van der Waals surface area (Å²) < 4.78 is -0.261. The molecule has 4 heteroatoms. The Balaban J connectivity index is 2.31. The Morgan fingerprint density at radius 1 is 0.611 bits per heavy atom. The lowest BCUT2D eigenvalue weighted by atomic mass is 10.0. The fourth-order valence-corrected chi connectivity index (χ4v) is 2.12. The quantitative estimate of drug-likeness (QED) is 0.752. The Hall–Kier alpha value is -1.26. The molecule has 2 nitrogen and oxygen atoms in total. The molecule has 0 unspecified atom stereocenters. The molecule has 0 amide bonds. The van der Waals surface area contributed by atoms with E-state index in [2.05, 4.69) is 31.9 Å². The third-order valence-electron chi connectivity index (χ3n) is 2.56. The van der Waals surface area contributed by atoms with Crippen molar-refractivity contribution in [3.8, 4) is 11.1 Å². The van der Waals surface area contributed by atoms with Crippen LogP contribution in [0.15, 0.2) is 48.5 Å². The highest BCUT2D eigenvalue weighted by Gasteiger charge is 2.04. The van der Waals surface area contributed by atoms with E-state index in [1.165, 1.54) is 0 Å². The molecule has 2 aromatic carbocycles. The summed E-state index contributed by atoms with van der Waals surface area (Å²) in [6.07, 6.45) is 0. The fraction of sp³-hybridized carbons (Fsp3) is 0. The molecule has 0 radical (unpaired) electrons. The lowest BCUT2D eigenvalue weighted by Crippen LogP contribution is -1.89. The van der Waals surface area contributed by atoms with Gasteiger partial charge in [-0.2, -0.15) is 0 Å². The van der Waals surface area contributed by atoms with Gasteiger partial charge < -0.3 is 0 Å². The molecule has 0 spiro atoms. The Labute approximate surface area is 121 Å². The Morgan fingerprint density at radius 2 is 0.889 bits per heavy atom. The molecule has 0 saturated carbocycles. The van der Waals surface area contributed by atoms with Crippen molar-refractivity contribution in [2.75, 3.05) is 0 Å². The van der Waals surface area contributed by atoms with Crippen molar-refractivity contribution in [1.82, 2.24) is 0 Å². The first-order chi connectivity index (χ1) is 8.58. The van der Waals surface area contributed by atoms with Gasteiger partial charge in [-0.25, -0.2) is 0 Å². The highest BCUT2D eigenvalue weighted by atomic mass is 79.9. The minimum absolute atomic E-state index is 0.130. The van der Waals surface area contributed by atoms with Crippen LogP contribution in [0.5, 0.6) is 0 Å². The van der Waals surface area contributed by atoms with Gasteiger partial charge in [-0.15, -0.1) is 0 Å². The molecular weight excluding hydrogens is 360 g/mol. The number of hydrogen-bond acceptors (Lipinski definition) is 2. The first kappa shape index (κ1) is 13.2. The number of carbonyl (C=O) groups excluding carboxylic acids is 2. The molecule has 2 aromatic rings. The molecule has 0 aromatic heterocycles. The van der Waals surface area contributed by atoms with E-state index in [1.807, 2.05) is 24.3 Å². The third-order valence-corrected chi connectivity index (χ3v) is 3.47. The lowest BCUT2D eigenvalue weighted by molar-refractivity contribution is 0.108. The Morgan fingerprint density at radius 3 is 1.11 bits per heavy atom. The second kappa shape index (κ2) is 5.59. The minimum atomic E-state index is -0.130. The van der Waals surface area contributed by atoms with Crippen molar-refractivity contribution in [2.24, 2.45) is 0 Å².